The smallest absolute Gasteiger partial charge is 0.0732 e. The van der Waals surface area contributed by atoms with Crippen LogP contribution in [0.1, 0.15) is 31.2 Å². The van der Waals surface area contributed by atoms with E-state index in [1.54, 1.807) is 0 Å². The van der Waals surface area contributed by atoms with Gasteiger partial charge in [0.05, 0.1) is 11.3 Å². The number of hydrogen-bond donors (Lipinski definition) is 2. The summed E-state index contributed by atoms with van der Waals surface area (Å²) in [7, 11) is 0. The maximum atomic E-state index is 10.1. The quantitative estimate of drug-likeness (QED) is 0.766. The van der Waals surface area contributed by atoms with Crippen LogP contribution in [-0.4, -0.2) is 26.5 Å². The highest BCUT2D eigenvalue weighted by Crippen LogP contribution is 2.34. The molecule has 1 aliphatic carbocycles. The van der Waals surface area contributed by atoms with Gasteiger partial charge in [-0.3, -0.25) is 4.68 Å². The van der Waals surface area contributed by atoms with Crippen LogP contribution in [0.15, 0.2) is 6.07 Å². The van der Waals surface area contributed by atoms with Crippen LogP contribution < -0.4 is 5.73 Å². The Morgan fingerprint density at radius 1 is 1.67 bits per heavy atom. The average Bonchev–Trinajstić information content (AvgIpc) is 2.43. The standard InChI is InChI=1S/C11H19N3O/c1-3-14-10(4-8(2)13-14)7-11(15)5-9(12)6-11/h4,9,15H,3,5-7,12H2,1-2H3. The molecule has 4 heteroatoms. The molecule has 0 amide bonds. The van der Waals surface area contributed by atoms with E-state index in [-0.39, 0.29) is 6.04 Å². The van der Waals surface area contributed by atoms with Crippen molar-refractivity contribution >= 4 is 0 Å². The highest BCUT2D eigenvalue weighted by Gasteiger charge is 2.41. The molecule has 1 aromatic rings. The van der Waals surface area contributed by atoms with Crippen molar-refractivity contribution in [2.75, 3.05) is 0 Å². The van der Waals surface area contributed by atoms with Crippen LogP contribution >= 0.6 is 0 Å². The summed E-state index contributed by atoms with van der Waals surface area (Å²) < 4.78 is 1.96. The van der Waals surface area contributed by atoms with E-state index >= 15 is 0 Å². The highest BCUT2D eigenvalue weighted by molar-refractivity contribution is 5.14. The Kier molecular flexibility index (Phi) is 2.56. The van der Waals surface area contributed by atoms with Gasteiger partial charge in [-0.05, 0) is 32.8 Å². The zero-order chi connectivity index (χ0) is 11.1. The van der Waals surface area contributed by atoms with Crippen LogP contribution in [0.2, 0.25) is 0 Å². The summed E-state index contributed by atoms with van der Waals surface area (Å²) in [6, 6.07) is 2.22. The summed E-state index contributed by atoms with van der Waals surface area (Å²) in [6.07, 6.45) is 2.09. The Bertz CT molecular complexity index is 353. The molecule has 0 spiro atoms. The molecule has 2 rings (SSSR count). The molecular formula is C11H19N3O. The molecule has 0 atom stereocenters. The monoisotopic (exact) mass is 209 g/mol. The second-order valence-electron chi connectivity index (χ2n) is 4.66. The molecule has 3 N–H and O–H groups in total. The highest BCUT2D eigenvalue weighted by atomic mass is 16.3. The maximum Gasteiger partial charge on any atom is 0.0732 e. The van der Waals surface area contributed by atoms with Crippen molar-refractivity contribution in [3.63, 3.8) is 0 Å². The molecule has 1 saturated carbocycles. The lowest BCUT2D eigenvalue weighted by atomic mass is 9.73. The molecule has 0 radical (unpaired) electrons. The summed E-state index contributed by atoms with van der Waals surface area (Å²) in [5, 5.41) is 14.5. The van der Waals surface area contributed by atoms with Crippen LogP contribution in [0.3, 0.4) is 0 Å². The lowest BCUT2D eigenvalue weighted by Gasteiger charge is -2.41. The van der Waals surface area contributed by atoms with Crippen LogP contribution in [0, 0.1) is 6.92 Å². The van der Waals surface area contributed by atoms with E-state index in [0.29, 0.717) is 19.3 Å². The molecule has 0 unspecified atom stereocenters. The van der Waals surface area contributed by atoms with E-state index < -0.39 is 5.60 Å². The summed E-state index contributed by atoms with van der Waals surface area (Å²) in [6.45, 7) is 4.89. The molecule has 15 heavy (non-hydrogen) atoms. The molecule has 0 aliphatic heterocycles. The van der Waals surface area contributed by atoms with E-state index in [4.69, 9.17) is 5.73 Å². The van der Waals surface area contributed by atoms with Crippen LogP contribution in [-0.2, 0) is 13.0 Å². The summed E-state index contributed by atoms with van der Waals surface area (Å²) in [5.74, 6) is 0. The second kappa shape index (κ2) is 3.61. The Balaban J connectivity index is 2.10. The third-order valence-corrected chi connectivity index (χ3v) is 3.08. The van der Waals surface area contributed by atoms with E-state index in [0.717, 1.165) is 17.9 Å². The molecule has 84 valence electrons. The Morgan fingerprint density at radius 2 is 2.33 bits per heavy atom. The molecule has 0 bridgehead atoms. The summed E-state index contributed by atoms with van der Waals surface area (Å²) in [5.41, 5.74) is 7.24. The normalized spacial score (nSPS) is 30.3. The number of hydrogen-bond acceptors (Lipinski definition) is 3. The van der Waals surface area contributed by atoms with Gasteiger partial charge < -0.3 is 10.8 Å². The van der Waals surface area contributed by atoms with Gasteiger partial charge in [-0.25, -0.2) is 0 Å². The fourth-order valence-electron chi connectivity index (χ4n) is 2.41. The molecule has 0 aromatic carbocycles. The van der Waals surface area contributed by atoms with Crippen molar-refractivity contribution in [1.29, 1.82) is 0 Å². The molecule has 0 saturated heterocycles. The predicted molar refractivity (Wildman–Crippen MR) is 58.5 cm³/mol. The number of aliphatic hydroxyl groups is 1. The third-order valence-electron chi connectivity index (χ3n) is 3.08. The van der Waals surface area contributed by atoms with Gasteiger partial charge in [0.15, 0.2) is 0 Å². The second-order valence-corrected chi connectivity index (χ2v) is 4.66. The Hall–Kier alpha value is -0.870. The Morgan fingerprint density at radius 3 is 2.87 bits per heavy atom. The third kappa shape index (κ3) is 2.06. The minimum Gasteiger partial charge on any atom is -0.389 e. The van der Waals surface area contributed by atoms with Gasteiger partial charge >= 0.3 is 0 Å². The van der Waals surface area contributed by atoms with Crippen molar-refractivity contribution in [2.45, 2.75) is 51.3 Å². The molecular weight excluding hydrogens is 190 g/mol. The van der Waals surface area contributed by atoms with Crippen LogP contribution in [0.5, 0.6) is 0 Å². The van der Waals surface area contributed by atoms with Crippen LogP contribution in [0.25, 0.3) is 0 Å². The molecule has 1 aromatic heterocycles. The van der Waals surface area contributed by atoms with E-state index in [9.17, 15) is 5.11 Å². The first-order chi connectivity index (χ1) is 7.02. The zero-order valence-corrected chi connectivity index (χ0v) is 9.40. The van der Waals surface area contributed by atoms with Gasteiger partial charge in [0.25, 0.3) is 0 Å². The minimum atomic E-state index is -0.585. The lowest BCUT2D eigenvalue weighted by molar-refractivity contribution is -0.0469. The van der Waals surface area contributed by atoms with Crippen LogP contribution in [0.4, 0.5) is 0 Å². The van der Waals surface area contributed by atoms with E-state index in [1.165, 1.54) is 0 Å². The molecule has 1 aliphatic rings. The SMILES string of the molecule is CCn1nc(C)cc1CC1(O)CC(N)C1. The fraction of sp³-hybridized carbons (Fsp3) is 0.727. The Labute approximate surface area is 90.1 Å². The van der Waals surface area contributed by atoms with E-state index in [1.807, 2.05) is 17.7 Å². The fourth-order valence-corrected chi connectivity index (χ4v) is 2.41. The predicted octanol–water partition coefficient (Wildman–Crippen LogP) is 0.606. The minimum absolute atomic E-state index is 0.175. The molecule has 1 heterocycles. The topological polar surface area (TPSA) is 64.1 Å². The largest absolute Gasteiger partial charge is 0.389 e. The van der Waals surface area contributed by atoms with Crippen molar-refractivity contribution in [1.82, 2.24) is 9.78 Å². The lowest BCUT2D eigenvalue weighted by Crippen LogP contribution is -2.53. The van der Waals surface area contributed by atoms with Gasteiger partial charge in [0, 0.05) is 24.7 Å². The first-order valence-electron chi connectivity index (χ1n) is 5.54. The van der Waals surface area contributed by atoms with Gasteiger partial charge in [0.2, 0.25) is 0 Å². The number of aromatic nitrogens is 2. The van der Waals surface area contributed by atoms with Gasteiger partial charge in [-0.2, -0.15) is 5.10 Å². The molecule has 4 nitrogen and oxygen atoms in total. The summed E-state index contributed by atoms with van der Waals surface area (Å²) >= 11 is 0. The maximum absolute atomic E-state index is 10.1. The van der Waals surface area contributed by atoms with Gasteiger partial charge in [-0.15, -0.1) is 0 Å². The zero-order valence-electron chi connectivity index (χ0n) is 9.40. The first kappa shape index (κ1) is 10.6. The molecule has 1 fully saturated rings. The van der Waals surface area contributed by atoms with Crippen molar-refractivity contribution in [3.05, 3.63) is 17.5 Å². The summed E-state index contributed by atoms with van der Waals surface area (Å²) in [4.78, 5) is 0. The van der Waals surface area contributed by atoms with E-state index in [2.05, 4.69) is 12.0 Å². The van der Waals surface area contributed by atoms with Crippen molar-refractivity contribution < 1.29 is 5.11 Å². The van der Waals surface area contributed by atoms with Gasteiger partial charge in [-0.1, -0.05) is 0 Å². The number of nitrogens with zero attached hydrogens (tertiary/aromatic N) is 2. The number of rotatable bonds is 3. The average molecular weight is 209 g/mol. The van der Waals surface area contributed by atoms with Crippen molar-refractivity contribution in [2.24, 2.45) is 5.73 Å². The number of nitrogens with two attached hydrogens (primary N) is 1. The first-order valence-corrected chi connectivity index (χ1v) is 5.54. The number of aryl methyl sites for hydroxylation is 2. The van der Waals surface area contributed by atoms with Gasteiger partial charge in [0.1, 0.15) is 0 Å². The van der Waals surface area contributed by atoms with Crippen molar-refractivity contribution in [3.8, 4) is 0 Å².